The van der Waals surface area contributed by atoms with Crippen LogP contribution in [0.1, 0.15) is 53.9 Å². The highest BCUT2D eigenvalue weighted by atomic mass is 35.5. The first kappa shape index (κ1) is 33.7. The Kier molecular flexibility index (Phi) is 10.2. The number of tetrazole rings is 1. The van der Waals surface area contributed by atoms with Gasteiger partial charge >= 0.3 is 12.1 Å². The van der Waals surface area contributed by atoms with Gasteiger partial charge in [0, 0.05) is 24.4 Å². The van der Waals surface area contributed by atoms with E-state index in [9.17, 15) is 9.59 Å². The van der Waals surface area contributed by atoms with E-state index in [4.69, 9.17) is 21.1 Å². The number of ether oxygens (including phenoxy) is 2. The number of benzene rings is 4. The van der Waals surface area contributed by atoms with Gasteiger partial charge in [-0.25, -0.2) is 9.78 Å². The summed E-state index contributed by atoms with van der Waals surface area (Å²) < 4.78 is 13.1. The summed E-state index contributed by atoms with van der Waals surface area (Å²) in [5.41, 5.74) is 8.97. The third kappa shape index (κ3) is 7.39. The maximum atomic E-state index is 12.8. The lowest BCUT2D eigenvalue weighted by Crippen LogP contribution is -2.32. The van der Waals surface area contributed by atoms with Crippen LogP contribution in [0.4, 0.5) is 4.79 Å². The Morgan fingerprint density at radius 3 is 2.20 bits per heavy atom. The Morgan fingerprint density at radius 1 is 0.863 bits per heavy atom. The Hall–Kier alpha value is -5.81. The van der Waals surface area contributed by atoms with Gasteiger partial charge in [0.05, 0.1) is 5.69 Å². The molecule has 0 bridgehead atoms. The lowest BCUT2D eigenvalue weighted by Gasteiger charge is -2.15. The van der Waals surface area contributed by atoms with Crippen LogP contribution in [-0.2, 0) is 33.8 Å². The van der Waals surface area contributed by atoms with Gasteiger partial charge in [-0.15, -0.1) is 10.2 Å². The average molecular weight is 702 g/mol. The monoisotopic (exact) mass is 701 g/mol. The van der Waals surface area contributed by atoms with Crippen LogP contribution in [0.2, 0.25) is 5.15 Å². The van der Waals surface area contributed by atoms with Crippen LogP contribution >= 0.6 is 11.6 Å². The molecule has 0 fully saturated rings. The van der Waals surface area contributed by atoms with E-state index in [0.717, 1.165) is 69.6 Å². The third-order valence-corrected chi connectivity index (χ3v) is 9.37. The van der Waals surface area contributed by atoms with Crippen LogP contribution in [0, 0.1) is 0 Å². The molecule has 2 N–H and O–H groups in total. The number of aromatic amines is 1. The molecule has 2 aromatic heterocycles. The molecule has 11 nitrogen and oxygen atoms in total. The highest BCUT2D eigenvalue weighted by Crippen LogP contribution is 2.44. The first-order chi connectivity index (χ1) is 25.0. The van der Waals surface area contributed by atoms with E-state index in [1.165, 1.54) is 0 Å². The first-order valence-corrected chi connectivity index (χ1v) is 17.3. The zero-order chi connectivity index (χ0) is 35.2. The number of nitrogens with zero attached hydrogens (tertiary/aromatic N) is 5. The number of carbonyl (C=O) groups is 2. The number of aromatic nitrogens is 6. The summed E-state index contributed by atoms with van der Waals surface area (Å²) in [5.74, 6) is 0.641. The van der Waals surface area contributed by atoms with E-state index >= 15 is 0 Å². The topological polar surface area (TPSA) is 137 Å². The van der Waals surface area contributed by atoms with Gasteiger partial charge in [-0.3, -0.25) is 4.79 Å². The number of aryl methyl sites for hydroxylation is 1. The highest BCUT2D eigenvalue weighted by molar-refractivity contribution is 6.30. The molecule has 1 amide bonds. The van der Waals surface area contributed by atoms with Crippen molar-refractivity contribution >= 4 is 23.7 Å². The number of alkyl carbamates (subject to hydrolysis) is 1. The summed E-state index contributed by atoms with van der Waals surface area (Å²) in [6, 6.07) is 32.3. The third-order valence-electron chi connectivity index (χ3n) is 9.07. The lowest BCUT2D eigenvalue weighted by atomic mass is 9.98. The Bertz CT molecular complexity index is 2100. The van der Waals surface area contributed by atoms with Crippen LogP contribution in [0.3, 0.4) is 0 Å². The maximum absolute atomic E-state index is 12.8. The van der Waals surface area contributed by atoms with Crippen molar-refractivity contribution in [3.05, 3.63) is 130 Å². The summed E-state index contributed by atoms with van der Waals surface area (Å²) in [6.45, 7) is 2.30. The summed E-state index contributed by atoms with van der Waals surface area (Å²) in [5, 5.41) is 17.3. The molecule has 0 spiro atoms. The molecule has 0 saturated heterocycles. The molecule has 0 saturated carbocycles. The zero-order valence-corrected chi connectivity index (χ0v) is 28.8. The molecule has 258 valence electrons. The number of rotatable bonds is 13. The van der Waals surface area contributed by atoms with E-state index in [1.807, 2.05) is 77.4 Å². The van der Waals surface area contributed by atoms with Crippen molar-refractivity contribution < 1.29 is 19.1 Å². The van der Waals surface area contributed by atoms with E-state index < -0.39 is 12.1 Å². The second-order valence-corrected chi connectivity index (χ2v) is 12.6. The van der Waals surface area contributed by atoms with E-state index in [2.05, 4.69) is 62.1 Å². The van der Waals surface area contributed by atoms with E-state index in [0.29, 0.717) is 18.1 Å². The predicted octanol–water partition coefficient (Wildman–Crippen LogP) is 7.36. The van der Waals surface area contributed by atoms with Crippen molar-refractivity contribution in [1.82, 2.24) is 35.5 Å². The molecule has 0 atom stereocenters. The number of carbonyl (C=O) groups excluding carboxylic acids is 2. The van der Waals surface area contributed by atoms with Crippen LogP contribution in [0.25, 0.3) is 33.6 Å². The second-order valence-electron chi connectivity index (χ2n) is 12.3. The number of hydrogen-bond acceptors (Lipinski definition) is 8. The normalized spacial score (nSPS) is 12.0. The number of amides is 1. The molecule has 0 radical (unpaired) electrons. The Morgan fingerprint density at radius 2 is 1.53 bits per heavy atom. The van der Waals surface area contributed by atoms with Gasteiger partial charge < -0.3 is 19.4 Å². The molecule has 1 aliphatic rings. The smallest absolute Gasteiger partial charge is 0.407 e. The number of imidazole rings is 1. The van der Waals surface area contributed by atoms with E-state index in [-0.39, 0.29) is 30.8 Å². The molecule has 51 heavy (non-hydrogen) atoms. The molecule has 2 heterocycles. The minimum atomic E-state index is -0.692. The van der Waals surface area contributed by atoms with Gasteiger partial charge in [0.15, 0.2) is 5.15 Å². The van der Waals surface area contributed by atoms with Crippen molar-refractivity contribution in [1.29, 1.82) is 0 Å². The maximum Gasteiger partial charge on any atom is 0.407 e. The van der Waals surface area contributed by atoms with Gasteiger partial charge in [-0.1, -0.05) is 122 Å². The quantitative estimate of drug-likeness (QED) is 0.119. The second kappa shape index (κ2) is 15.4. The molecule has 12 heteroatoms. The lowest BCUT2D eigenvalue weighted by molar-refractivity contribution is -0.143. The molecule has 6 aromatic rings. The molecular weight excluding hydrogens is 666 g/mol. The first-order valence-electron chi connectivity index (χ1n) is 16.9. The number of H-pyrrole nitrogens is 1. The van der Waals surface area contributed by atoms with E-state index in [1.54, 1.807) is 0 Å². The number of nitrogens with one attached hydrogen (secondary N) is 2. The SMILES string of the molecule is CCCCc1nc(Cl)c(COC(=O)CNC(=O)OCC2c3ccccc3-c3ccccc32)n1Cc1ccc(-c2ccccc2-c2nn[nH]n2)cc1. The van der Waals surface area contributed by atoms with Gasteiger partial charge in [-0.05, 0) is 50.6 Å². The fourth-order valence-electron chi connectivity index (χ4n) is 6.53. The fourth-order valence-corrected chi connectivity index (χ4v) is 6.78. The predicted molar refractivity (Wildman–Crippen MR) is 193 cm³/mol. The molecule has 7 rings (SSSR count). The number of fused-ring (bicyclic) bond motifs is 3. The van der Waals surface area contributed by atoms with Crippen molar-refractivity contribution in [2.45, 2.75) is 45.3 Å². The van der Waals surface area contributed by atoms with Crippen LogP contribution < -0.4 is 5.32 Å². The minimum absolute atomic E-state index is 0.0804. The van der Waals surface area contributed by atoms with Gasteiger partial charge in [0.25, 0.3) is 0 Å². The van der Waals surface area contributed by atoms with Crippen LogP contribution in [0.15, 0.2) is 97.1 Å². The molecule has 0 aliphatic heterocycles. The Balaban J connectivity index is 0.974. The summed E-state index contributed by atoms with van der Waals surface area (Å²) in [4.78, 5) is 30.0. The number of unbranched alkanes of at least 4 members (excludes halogenated alkanes) is 1. The van der Waals surface area contributed by atoms with Crippen molar-refractivity contribution in [3.63, 3.8) is 0 Å². The fraction of sp³-hybridized carbons (Fsp3) is 0.231. The van der Waals surface area contributed by atoms with Crippen molar-refractivity contribution in [3.8, 4) is 33.6 Å². The van der Waals surface area contributed by atoms with Gasteiger partial charge in [-0.2, -0.15) is 5.21 Å². The molecule has 4 aromatic carbocycles. The van der Waals surface area contributed by atoms with Crippen molar-refractivity contribution in [2.24, 2.45) is 0 Å². The summed E-state index contributed by atoms with van der Waals surface area (Å²) in [6.07, 6.45) is 1.96. The molecule has 0 unspecified atom stereocenters. The van der Waals surface area contributed by atoms with Crippen LogP contribution in [0.5, 0.6) is 0 Å². The minimum Gasteiger partial charge on any atom is -0.458 e. The highest BCUT2D eigenvalue weighted by Gasteiger charge is 2.29. The molecular formula is C39H36ClN7O4. The number of esters is 1. The summed E-state index contributed by atoms with van der Waals surface area (Å²) in [7, 11) is 0. The van der Waals surface area contributed by atoms with Gasteiger partial charge in [0.1, 0.15) is 25.6 Å². The Labute approximate surface area is 300 Å². The average Bonchev–Trinajstić information content (AvgIpc) is 3.89. The standard InChI is InChI=1S/C39H36ClN7O4/c1-2-3-16-35-42-37(40)34(47(35)22-25-17-19-26(20-18-25)27-10-4-9-15-32(27)38-43-45-46-44-38)24-50-36(48)21-41-39(49)51-23-33-30-13-7-5-11-28(30)29-12-6-8-14-31(29)33/h4-15,17-20,33H,2-3,16,21-24H2,1H3,(H,41,49)(H,43,44,45,46). The number of halogens is 1. The summed E-state index contributed by atoms with van der Waals surface area (Å²) >= 11 is 6.62. The van der Waals surface area contributed by atoms with Gasteiger partial charge in [0.2, 0.25) is 5.82 Å². The largest absolute Gasteiger partial charge is 0.458 e. The van der Waals surface area contributed by atoms with Crippen LogP contribution in [-0.4, -0.2) is 55.4 Å². The molecule has 1 aliphatic carbocycles. The number of hydrogen-bond donors (Lipinski definition) is 2. The zero-order valence-electron chi connectivity index (χ0n) is 28.0. The van der Waals surface area contributed by atoms with Crippen molar-refractivity contribution in [2.75, 3.05) is 13.2 Å².